The monoisotopic (exact) mass is 379 g/mol. The molecular weight excluding hydrogens is 358 g/mol. The Balaban J connectivity index is 0.00000243. The number of carbonyl (C=O) groups excluding carboxylic acids is 1. The van der Waals surface area contributed by atoms with E-state index in [9.17, 15) is 4.79 Å². The number of anilines is 1. The van der Waals surface area contributed by atoms with Gasteiger partial charge in [-0.3, -0.25) is 14.2 Å². The molecule has 8 nitrogen and oxygen atoms in total. The van der Waals surface area contributed by atoms with Crippen molar-refractivity contribution in [3.05, 3.63) is 35.9 Å². The van der Waals surface area contributed by atoms with Crippen molar-refractivity contribution in [1.29, 1.82) is 0 Å². The molecule has 0 unspecified atom stereocenters. The third-order valence-electron chi connectivity index (χ3n) is 4.34. The molecule has 1 aliphatic rings. The molecule has 0 atom stereocenters. The van der Waals surface area contributed by atoms with Crippen molar-refractivity contribution in [1.82, 2.24) is 19.4 Å². The molecule has 1 aromatic heterocycles. The van der Waals surface area contributed by atoms with Gasteiger partial charge in [0.05, 0.1) is 27.4 Å². The molecule has 0 saturated carbocycles. The Morgan fingerprint density at radius 2 is 1.81 bits per heavy atom. The van der Waals surface area contributed by atoms with Crippen LogP contribution in [0.2, 0.25) is 0 Å². The summed E-state index contributed by atoms with van der Waals surface area (Å²) in [5.41, 5.74) is 0.567. The molecule has 2 aromatic rings. The van der Waals surface area contributed by atoms with E-state index in [1.165, 1.54) is 12.0 Å². The number of morpholine rings is 1. The number of ether oxygens (including phenoxy) is 2. The normalized spacial score (nSPS) is 15.7. The van der Waals surface area contributed by atoms with Crippen LogP contribution in [0.1, 0.15) is 10.4 Å². The number of nitrogens with zero attached hydrogens (tertiary/aromatic N) is 5. The van der Waals surface area contributed by atoms with Crippen LogP contribution < -0.4 is 26.5 Å². The molecule has 2 heterocycles. The molecule has 3 rings (SSSR count). The van der Waals surface area contributed by atoms with Gasteiger partial charge in [0, 0.05) is 12.6 Å². The highest BCUT2D eigenvalue weighted by atomic mass is 35.5. The first kappa shape index (κ1) is 20.0. The molecule has 1 fully saturated rings. The van der Waals surface area contributed by atoms with E-state index in [0.29, 0.717) is 29.2 Å². The van der Waals surface area contributed by atoms with Gasteiger partial charge in [0.2, 0.25) is 5.95 Å². The second-order valence-corrected chi connectivity index (χ2v) is 6.11. The van der Waals surface area contributed by atoms with Crippen LogP contribution in [0.3, 0.4) is 0 Å². The van der Waals surface area contributed by atoms with E-state index in [1.807, 2.05) is 25.2 Å². The number of benzene rings is 1. The van der Waals surface area contributed by atoms with Crippen molar-refractivity contribution in [2.75, 3.05) is 52.4 Å². The number of rotatable bonds is 4. The Morgan fingerprint density at radius 3 is 2.42 bits per heavy atom. The summed E-state index contributed by atoms with van der Waals surface area (Å²) in [7, 11) is 5.19. The van der Waals surface area contributed by atoms with Crippen LogP contribution >= 0.6 is 0 Å². The van der Waals surface area contributed by atoms with Gasteiger partial charge in [0.15, 0.2) is 0 Å². The van der Waals surface area contributed by atoms with Gasteiger partial charge in [0.1, 0.15) is 13.1 Å². The molecule has 1 aliphatic heterocycles. The fourth-order valence-corrected chi connectivity index (χ4v) is 2.63. The third kappa shape index (κ3) is 4.09. The molecule has 0 N–H and O–H groups in total. The van der Waals surface area contributed by atoms with E-state index in [0.717, 1.165) is 13.1 Å². The van der Waals surface area contributed by atoms with Crippen LogP contribution in [0.5, 0.6) is 6.01 Å². The van der Waals surface area contributed by atoms with Crippen molar-refractivity contribution < 1.29 is 26.7 Å². The Morgan fingerprint density at radius 1 is 1.15 bits per heavy atom. The largest absolute Gasteiger partial charge is 1.00 e. The lowest BCUT2D eigenvalue weighted by Gasteiger charge is -2.34. The minimum absolute atomic E-state index is 0. The number of amides is 1. The molecule has 1 saturated heterocycles. The zero-order valence-electron chi connectivity index (χ0n) is 15.1. The molecule has 0 radical (unpaired) electrons. The predicted molar refractivity (Wildman–Crippen MR) is 93.8 cm³/mol. The highest BCUT2D eigenvalue weighted by molar-refractivity contribution is 6.04. The predicted octanol–water partition coefficient (Wildman–Crippen LogP) is -1.87. The third-order valence-corrected chi connectivity index (χ3v) is 4.34. The van der Waals surface area contributed by atoms with Crippen molar-refractivity contribution in [2.45, 2.75) is 0 Å². The van der Waals surface area contributed by atoms with Gasteiger partial charge < -0.3 is 21.9 Å². The number of halogens is 1. The summed E-state index contributed by atoms with van der Waals surface area (Å²) in [5.74, 6) is 0.642. The second kappa shape index (κ2) is 8.39. The van der Waals surface area contributed by atoms with E-state index >= 15 is 0 Å². The van der Waals surface area contributed by atoms with Crippen LogP contribution in [0, 0.1) is 0 Å². The van der Waals surface area contributed by atoms with Crippen LogP contribution in [-0.4, -0.2) is 68.4 Å². The molecule has 0 aliphatic carbocycles. The zero-order valence-corrected chi connectivity index (χ0v) is 15.8. The number of hydrogen-bond acceptors (Lipinski definition) is 6. The topological polar surface area (TPSA) is 77.4 Å². The number of methoxy groups -OCH3 is 1. The number of hydrogen-bond donors (Lipinski definition) is 0. The average molecular weight is 380 g/mol. The van der Waals surface area contributed by atoms with Gasteiger partial charge in [-0.1, -0.05) is 18.2 Å². The summed E-state index contributed by atoms with van der Waals surface area (Å²) in [4.78, 5) is 27.3. The Labute approximate surface area is 158 Å². The number of aromatic nitrogens is 3. The SMILES string of the molecule is COc1nc(N(C)C(=O)c2ccccc2)nc([N+]2(C)CCOCC2)n1.[Cl-]. The molecule has 26 heavy (non-hydrogen) atoms. The summed E-state index contributed by atoms with van der Waals surface area (Å²) in [6.45, 7) is 2.78. The minimum atomic E-state index is -0.190. The van der Waals surface area contributed by atoms with Gasteiger partial charge in [-0.15, -0.1) is 9.97 Å². The molecule has 0 bridgehead atoms. The van der Waals surface area contributed by atoms with Crippen molar-refractivity contribution in [3.8, 4) is 6.01 Å². The maximum absolute atomic E-state index is 12.7. The van der Waals surface area contributed by atoms with Gasteiger partial charge in [0.25, 0.3) is 5.91 Å². The van der Waals surface area contributed by atoms with Crippen molar-refractivity contribution in [2.24, 2.45) is 0 Å². The Kier molecular flexibility index (Phi) is 6.47. The second-order valence-electron chi connectivity index (χ2n) is 6.11. The molecule has 140 valence electrons. The molecule has 0 spiro atoms. The van der Waals surface area contributed by atoms with Crippen LogP contribution in [0.4, 0.5) is 11.9 Å². The zero-order chi connectivity index (χ0) is 17.9. The first-order chi connectivity index (χ1) is 12.0. The Hall–Kier alpha value is -2.29. The summed E-state index contributed by atoms with van der Waals surface area (Å²) in [6.07, 6.45) is 0. The van der Waals surface area contributed by atoms with Gasteiger partial charge >= 0.3 is 12.0 Å². The minimum Gasteiger partial charge on any atom is -1.00 e. The first-order valence-corrected chi connectivity index (χ1v) is 8.09. The maximum atomic E-state index is 12.7. The van der Waals surface area contributed by atoms with E-state index in [2.05, 4.69) is 15.0 Å². The fraction of sp³-hybridized carbons (Fsp3) is 0.412. The lowest BCUT2D eigenvalue weighted by molar-refractivity contribution is -0.0000152. The molecule has 9 heteroatoms. The summed E-state index contributed by atoms with van der Waals surface area (Å²) in [6, 6.07) is 9.21. The van der Waals surface area contributed by atoms with Crippen LogP contribution in [0.25, 0.3) is 0 Å². The van der Waals surface area contributed by atoms with E-state index in [4.69, 9.17) is 9.47 Å². The van der Waals surface area contributed by atoms with Gasteiger partial charge in [-0.25, -0.2) is 0 Å². The number of carbonyl (C=O) groups is 1. The smallest absolute Gasteiger partial charge is 0.336 e. The molecular formula is C17H22ClN5O3. The van der Waals surface area contributed by atoms with Crippen LogP contribution in [-0.2, 0) is 4.74 Å². The lowest BCUT2D eigenvalue weighted by atomic mass is 10.2. The van der Waals surface area contributed by atoms with Crippen molar-refractivity contribution >= 4 is 17.8 Å². The van der Waals surface area contributed by atoms with Crippen molar-refractivity contribution in [3.63, 3.8) is 0 Å². The van der Waals surface area contributed by atoms with E-state index in [-0.39, 0.29) is 30.3 Å². The lowest BCUT2D eigenvalue weighted by Crippen LogP contribution is -3.00. The van der Waals surface area contributed by atoms with Crippen LogP contribution in [0.15, 0.2) is 30.3 Å². The van der Waals surface area contributed by atoms with E-state index in [1.54, 1.807) is 19.2 Å². The summed E-state index contributed by atoms with van der Waals surface area (Å²) in [5, 5.41) is 0. The summed E-state index contributed by atoms with van der Waals surface area (Å²) < 4.78 is 11.2. The number of quaternary nitrogens is 1. The first-order valence-electron chi connectivity index (χ1n) is 8.09. The van der Waals surface area contributed by atoms with Gasteiger partial charge in [-0.05, 0) is 12.1 Å². The highest BCUT2D eigenvalue weighted by Crippen LogP contribution is 2.23. The van der Waals surface area contributed by atoms with Gasteiger partial charge in [-0.2, -0.15) is 4.98 Å². The molecule has 1 aromatic carbocycles. The Bertz CT molecular complexity index is 753. The average Bonchev–Trinajstić information content (AvgIpc) is 2.67. The fourth-order valence-electron chi connectivity index (χ4n) is 2.63. The quantitative estimate of drug-likeness (QED) is 0.579. The number of likely N-dealkylation sites (N-methyl/N-ethyl adjacent to an activating group) is 1. The summed E-state index contributed by atoms with van der Waals surface area (Å²) >= 11 is 0. The maximum Gasteiger partial charge on any atom is 0.336 e. The highest BCUT2D eigenvalue weighted by Gasteiger charge is 2.33. The standard InChI is InChI=1S/C17H22N5O3.ClH/c1-21(14(23)13-7-5-4-6-8-13)15-18-16(20-17(19-15)24-3)22(2)9-11-25-12-10-22;/h4-8H,9-12H2,1-3H3;1H/q+1;/p-1. The van der Waals surface area contributed by atoms with E-state index < -0.39 is 0 Å². The molecule has 1 amide bonds.